The lowest BCUT2D eigenvalue weighted by molar-refractivity contribution is -0.0788. The molecule has 2 atom stereocenters. The van der Waals surface area contributed by atoms with E-state index >= 15 is 0 Å². The predicted octanol–water partition coefficient (Wildman–Crippen LogP) is 3.07. The summed E-state index contributed by atoms with van der Waals surface area (Å²) >= 11 is 6.00. The van der Waals surface area contributed by atoms with Gasteiger partial charge in [0.1, 0.15) is 0 Å². The molecule has 0 saturated carbocycles. The van der Waals surface area contributed by atoms with Gasteiger partial charge in [-0.15, -0.1) is 0 Å². The molecule has 2 aliphatic heterocycles. The van der Waals surface area contributed by atoms with E-state index < -0.39 is 0 Å². The van der Waals surface area contributed by atoms with Gasteiger partial charge in [-0.1, -0.05) is 23.7 Å². The molecule has 0 N–H and O–H groups in total. The summed E-state index contributed by atoms with van der Waals surface area (Å²) in [5.74, 6) is 0. The van der Waals surface area contributed by atoms with E-state index in [4.69, 9.17) is 16.3 Å². The summed E-state index contributed by atoms with van der Waals surface area (Å²) in [5, 5.41) is 0.810. The lowest BCUT2D eigenvalue weighted by Crippen LogP contribution is -2.56. The van der Waals surface area contributed by atoms with E-state index in [1.54, 1.807) is 0 Å². The molecule has 0 amide bonds. The summed E-state index contributed by atoms with van der Waals surface area (Å²) in [6, 6.07) is 9.47. The number of ether oxygens (including phenoxy) is 1. The summed E-state index contributed by atoms with van der Waals surface area (Å²) in [7, 11) is 2.23. The van der Waals surface area contributed by atoms with Gasteiger partial charge < -0.3 is 9.64 Å². The van der Waals surface area contributed by atoms with Gasteiger partial charge in [0.2, 0.25) is 0 Å². The van der Waals surface area contributed by atoms with Crippen LogP contribution in [0.15, 0.2) is 24.3 Å². The predicted molar refractivity (Wildman–Crippen MR) is 91.6 cm³/mol. The first-order valence-electron chi connectivity index (χ1n) is 8.42. The second-order valence-corrected chi connectivity index (χ2v) is 7.30. The molecule has 2 aliphatic rings. The van der Waals surface area contributed by atoms with Crippen molar-refractivity contribution in [3.8, 4) is 0 Å². The average Bonchev–Trinajstić information content (AvgIpc) is 2.52. The van der Waals surface area contributed by atoms with Gasteiger partial charge in [-0.3, -0.25) is 4.90 Å². The quantitative estimate of drug-likeness (QED) is 0.850. The van der Waals surface area contributed by atoms with Crippen LogP contribution in [-0.4, -0.2) is 61.3 Å². The molecule has 2 heterocycles. The van der Waals surface area contributed by atoms with Crippen LogP contribution in [-0.2, 0) is 11.2 Å². The van der Waals surface area contributed by atoms with Crippen LogP contribution in [0.2, 0.25) is 5.02 Å². The van der Waals surface area contributed by atoms with E-state index in [0.717, 1.165) is 24.6 Å². The Kier molecular flexibility index (Phi) is 5.40. The smallest absolute Gasteiger partial charge is 0.0674 e. The number of rotatable bonds is 3. The third kappa shape index (κ3) is 4.02. The average molecular weight is 323 g/mol. The van der Waals surface area contributed by atoms with Crippen molar-refractivity contribution >= 4 is 11.6 Å². The molecule has 22 heavy (non-hydrogen) atoms. The Labute approximate surface area is 139 Å². The Hall–Kier alpha value is -0.610. The van der Waals surface area contributed by atoms with Crippen LogP contribution in [0.25, 0.3) is 0 Å². The van der Waals surface area contributed by atoms with Gasteiger partial charge in [0, 0.05) is 23.7 Å². The monoisotopic (exact) mass is 322 g/mol. The zero-order chi connectivity index (χ0) is 15.5. The highest BCUT2D eigenvalue weighted by molar-refractivity contribution is 6.30. The van der Waals surface area contributed by atoms with E-state index in [1.807, 2.05) is 12.1 Å². The minimum atomic E-state index is 0.348. The first-order valence-corrected chi connectivity index (χ1v) is 8.80. The maximum Gasteiger partial charge on any atom is 0.0674 e. The number of hydrogen-bond acceptors (Lipinski definition) is 3. The van der Waals surface area contributed by atoms with Gasteiger partial charge in [0.25, 0.3) is 0 Å². The Balaban J connectivity index is 1.68. The van der Waals surface area contributed by atoms with Crippen LogP contribution in [0.1, 0.15) is 25.3 Å². The molecule has 3 nitrogen and oxygen atoms in total. The van der Waals surface area contributed by atoms with Crippen molar-refractivity contribution in [2.45, 2.75) is 44.4 Å². The molecule has 0 aliphatic carbocycles. The summed E-state index contributed by atoms with van der Waals surface area (Å²) in [6.45, 7) is 6.53. The largest absolute Gasteiger partial charge is 0.376 e. The number of halogens is 1. The topological polar surface area (TPSA) is 15.7 Å². The first-order chi connectivity index (χ1) is 10.6. The summed E-state index contributed by atoms with van der Waals surface area (Å²) < 4.78 is 5.95. The highest BCUT2D eigenvalue weighted by Crippen LogP contribution is 2.24. The standard InChI is InChI=1S/C18H27ClN2O/c1-14-12-21(17-7-9-20(2)10-8-17)18(13-22-14)11-15-3-5-16(19)6-4-15/h3-6,14,17-18H,7-13H2,1-2H3/t14-,18-/m0/s1. The van der Waals surface area contributed by atoms with Crippen LogP contribution < -0.4 is 0 Å². The Morgan fingerprint density at radius 1 is 1.18 bits per heavy atom. The summed E-state index contributed by atoms with van der Waals surface area (Å²) in [6.07, 6.45) is 3.96. The molecule has 0 spiro atoms. The van der Waals surface area contributed by atoms with Crippen LogP contribution in [0, 0.1) is 0 Å². The molecule has 0 unspecified atom stereocenters. The van der Waals surface area contributed by atoms with E-state index in [2.05, 4.69) is 35.9 Å². The molecule has 4 heteroatoms. The number of nitrogens with zero attached hydrogens (tertiary/aromatic N) is 2. The first kappa shape index (κ1) is 16.3. The van der Waals surface area contributed by atoms with Crippen molar-refractivity contribution in [1.82, 2.24) is 9.80 Å². The van der Waals surface area contributed by atoms with E-state index in [1.165, 1.54) is 31.5 Å². The molecule has 1 aromatic rings. The van der Waals surface area contributed by atoms with Gasteiger partial charge >= 0.3 is 0 Å². The second kappa shape index (κ2) is 7.31. The molecule has 2 saturated heterocycles. The van der Waals surface area contributed by atoms with Crippen molar-refractivity contribution in [3.63, 3.8) is 0 Å². The Bertz CT molecular complexity index is 470. The lowest BCUT2D eigenvalue weighted by Gasteiger charge is -2.46. The van der Waals surface area contributed by atoms with Crippen molar-refractivity contribution < 1.29 is 4.74 Å². The number of hydrogen-bond donors (Lipinski definition) is 0. The molecular weight excluding hydrogens is 296 g/mol. The van der Waals surface area contributed by atoms with E-state index in [9.17, 15) is 0 Å². The maximum atomic E-state index is 6.00. The summed E-state index contributed by atoms with van der Waals surface area (Å²) in [5.41, 5.74) is 1.35. The molecule has 2 fully saturated rings. The van der Waals surface area contributed by atoms with Gasteiger partial charge in [0.15, 0.2) is 0 Å². The molecule has 3 rings (SSSR count). The fraction of sp³-hybridized carbons (Fsp3) is 0.667. The number of piperidine rings is 1. The molecule has 0 bridgehead atoms. The highest BCUT2D eigenvalue weighted by Gasteiger charge is 2.33. The van der Waals surface area contributed by atoms with Crippen LogP contribution >= 0.6 is 11.6 Å². The van der Waals surface area contributed by atoms with Crippen molar-refractivity contribution in [1.29, 1.82) is 0 Å². The van der Waals surface area contributed by atoms with Gasteiger partial charge in [-0.2, -0.15) is 0 Å². The highest BCUT2D eigenvalue weighted by atomic mass is 35.5. The van der Waals surface area contributed by atoms with Gasteiger partial charge in [0.05, 0.1) is 12.7 Å². The van der Waals surface area contributed by atoms with Gasteiger partial charge in [-0.05, 0) is 64.0 Å². The minimum Gasteiger partial charge on any atom is -0.376 e. The minimum absolute atomic E-state index is 0.348. The van der Waals surface area contributed by atoms with Crippen LogP contribution in [0.4, 0.5) is 0 Å². The molecule has 0 aromatic heterocycles. The molecule has 0 radical (unpaired) electrons. The Morgan fingerprint density at radius 3 is 2.55 bits per heavy atom. The van der Waals surface area contributed by atoms with Crippen LogP contribution in [0.5, 0.6) is 0 Å². The second-order valence-electron chi connectivity index (χ2n) is 6.86. The normalized spacial score (nSPS) is 28.9. The fourth-order valence-corrected chi connectivity index (χ4v) is 3.84. The SMILES string of the molecule is C[C@H]1CN(C2CCN(C)CC2)[C@@H](Cc2ccc(Cl)cc2)CO1. The molecule has 122 valence electrons. The van der Waals surface area contributed by atoms with Crippen molar-refractivity contribution in [2.75, 3.05) is 33.3 Å². The fourth-order valence-electron chi connectivity index (χ4n) is 3.71. The zero-order valence-corrected chi connectivity index (χ0v) is 14.4. The van der Waals surface area contributed by atoms with Crippen molar-refractivity contribution in [3.05, 3.63) is 34.9 Å². The van der Waals surface area contributed by atoms with Crippen molar-refractivity contribution in [2.24, 2.45) is 0 Å². The summed E-state index contributed by atoms with van der Waals surface area (Å²) in [4.78, 5) is 5.16. The number of benzene rings is 1. The van der Waals surface area contributed by atoms with Crippen LogP contribution in [0.3, 0.4) is 0 Å². The molecule has 1 aromatic carbocycles. The third-order valence-electron chi connectivity index (χ3n) is 5.05. The van der Waals surface area contributed by atoms with Gasteiger partial charge in [-0.25, -0.2) is 0 Å². The Morgan fingerprint density at radius 2 is 1.86 bits per heavy atom. The maximum absolute atomic E-state index is 6.00. The van der Waals surface area contributed by atoms with E-state index in [-0.39, 0.29) is 0 Å². The zero-order valence-electron chi connectivity index (χ0n) is 13.7. The number of morpholine rings is 1. The number of likely N-dealkylation sites (tertiary alicyclic amines) is 1. The third-order valence-corrected chi connectivity index (χ3v) is 5.30. The van der Waals surface area contributed by atoms with E-state index in [0.29, 0.717) is 18.2 Å². The lowest BCUT2D eigenvalue weighted by atomic mass is 9.96. The molecular formula is C18H27ClN2O.